The van der Waals surface area contributed by atoms with Crippen molar-refractivity contribution < 1.29 is 9.47 Å². The number of benzene rings is 2. The second-order valence-electron chi connectivity index (χ2n) is 7.58. The minimum Gasteiger partial charge on any atom is -0.487 e. The molecule has 5 rings (SSSR count). The summed E-state index contributed by atoms with van der Waals surface area (Å²) in [5.74, 6) is 1.85. The molecule has 0 radical (unpaired) electrons. The van der Waals surface area contributed by atoms with Gasteiger partial charge in [0.05, 0.1) is 24.8 Å². The normalized spacial score (nSPS) is 20.9. The molecule has 0 amide bonds. The number of ether oxygens (including phenoxy) is 2. The number of hydrogen-bond donors (Lipinski definition) is 1. The first-order valence-corrected chi connectivity index (χ1v) is 9.56. The van der Waals surface area contributed by atoms with Crippen LogP contribution in [0.4, 0.5) is 5.82 Å². The molecule has 0 bridgehead atoms. The van der Waals surface area contributed by atoms with Crippen LogP contribution in [0.1, 0.15) is 36.4 Å². The summed E-state index contributed by atoms with van der Waals surface area (Å²) >= 11 is 0. The Morgan fingerprint density at radius 3 is 2.81 bits per heavy atom. The van der Waals surface area contributed by atoms with Gasteiger partial charge >= 0.3 is 0 Å². The van der Waals surface area contributed by atoms with E-state index in [0.717, 1.165) is 54.9 Å². The van der Waals surface area contributed by atoms with E-state index in [-0.39, 0.29) is 11.6 Å². The van der Waals surface area contributed by atoms with Gasteiger partial charge in [0.25, 0.3) is 0 Å². The number of rotatable bonds is 2. The molecule has 1 fully saturated rings. The zero-order valence-corrected chi connectivity index (χ0v) is 15.4. The lowest BCUT2D eigenvalue weighted by molar-refractivity contribution is -0.0608. The highest BCUT2D eigenvalue weighted by Gasteiger charge is 2.42. The number of para-hydroxylation sites is 1. The van der Waals surface area contributed by atoms with Crippen molar-refractivity contribution in [2.45, 2.75) is 37.8 Å². The molecular formula is C22H23N3O2. The Kier molecular flexibility index (Phi) is 3.97. The summed E-state index contributed by atoms with van der Waals surface area (Å²) in [6.07, 6.45) is 4.38. The molecule has 1 saturated heterocycles. The second kappa shape index (κ2) is 6.50. The average molecular weight is 361 g/mol. The summed E-state index contributed by atoms with van der Waals surface area (Å²) < 4.78 is 12.1. The van der Waals surface area contributed by atoms with Gasteiger partial charge in [0.1, 0.15) is 23.5 Å². The van der Waals surface area contributed by atoms with E-state index in [1.165, 1.54) is 11.1 Å². The first-order chi connectivity index (χ1) is 13.2. The lowest BCUT2D eigenvalue weighted by Gasteiger charge is -2.44. The molecule has 2 aromatic carbocycles. The minimum atomic E-state index is -0.164. The molecule has 3 heterocycles. The maximum absolute atomic E-state index is 6.48. The number of aryl methyl sites for hydroxylation is 1. The Morgan fingerprint density at radius 2 is 1.93 bits per heavy atom. The predicted molar refractivity (Wildman–Crippen MR) is 105 cm³/mol. The fourth-order valence-corrected chi connectivity index (χ4v) is 4.25. The highest BCUT2D eigenvalue weighted by molar-refractivity contribution is 5.89. The van der Waals surface area contributed by atoms with Crippen LogP contribution >= 0.6 is 0 Å². The van der Waals surface area contributed by atoms with Crippen molar-refractivity contribution in [1.29, 1.82) is 0 Å². The Bertz CT molecular complexity index is 982. The summed E-state index contributed by atoms with van der Waals surface area (Å²) in [5.41, 5.74) is 3.19. The molecule has 1 unspecified atom stereocenters. The summed E-state index contributed by atoms with van der Waals surface area (Å²) in [7, 11) is 0. The number of anilines is 1. The van der Waals surface area contributed by atoms with E-state index < -0.39 is 0 Å². The lowest BCUT2D eigenvalue weighted by atomic mass is 9.82. The van der Waals surface area contributed by atoms with Gasteiger partial charge in [0.2, 0.25) is 0 Å². The third kappa shape index (κ3) is 3.02. The van der Waals surface area contributed by atoms with E-state index >= 15 is 0 Å². The van der Waals surface area contributed by atoms with Crippen molar-refractivity contribution in [3.05, 3.63) is 59.9 Å². The second-order valence-corrected chi connectivity index (χ2v) is 7.58. The largest absolute Gasteiger partial charge is 0.487 e. The lowest BCUT2D eigenvalue weighted by Crippen LogP contribution is -2.46. The van der Waals surface area contributed by atoms with Crippen LogP contribution < -0.4 is 10.1 Å². The highest BCUT2D eigenvalue weighted by Crippen LogP contribution is 2.45. The molecule has 1 spiro atoms. The van der Waals surface area contributed by atoms with Crippen molar-refractivity contribution in [2.24, 2.45) is 0 Å². The van der Waals surface area contributed by atoms with Crippen LogP contribution in [0.2, 0.25) is 0 Å². The molecule has 27 heavy (non-hydrogen) atoms. The Hall–Kier alpha value is -2.66. The maximum atomic E-state index is 6.48. The smallest absolute Gasteiger partial charge is 0.137 e. The van der Waals surface area contributed by atoms with E-state index in [2.05, 4.69) is 58.6 Å². The highest BCUT2D eigenvalue weighted by atomic mass is 16.5. The van der Waals surface area contributed by atoms with Gasteiger partial charge in [0.15, 0.2) is 0 Å². The van der Waals surface area contributed by atoms with Gasteiger partial charge in [-0.25, -0.2) is 9.97 Å². The molecule has 2 aliphatic rings. The van der Waals surface area contributed by atoms with Crippen LogP contribution in [-0.4, -0.2) is 28.8 Å². The van der Waals surface area contributed by atoms with Crippen molar-refractivity contribution in [2.75, 3.05) is 18.5 Å². The van der Waals surface area contributed by atoms with Gasteiger partial charge in [-0.1, -0.05) is 29.8 Å². The van der Waals surface area contributed by atoms with Gasteiger partial charge in [-0.2, -0.15) is 0 Å². The summed E-state index contributed by atoms with van der Waals surface area (Å²) in [4.78, 5) is 8.97. The summed E-state index contributed by atoms with van der Waals surface area (Å²) in [5, 5.41) is 4.76. The molecular weight excluding hydrogens is 338 g/mol. The standard InChI is InChI=1S/C22H23N3O2/c1-15-6-7-18-17(12-15)21(24-14-23-18)25-19-13-22(8-10-26-11-9-22)27-20-5-3-2-4-16(19)20/h2-7,12,14,19H,8-11,13H2,1H3,(H,23,24,25). The van der Waals surface area contributed by atoms with Crippen molar-refractivity contribution >= 4 is 16.7 Å². The quantitative estimate of drug-likeness (QED) is 0.732. The first-order valence-electron chi connectivity index (χ1n) is 9.56. The average Bonchev–Trinajstić information content (AvgIpc) is 2.69. The molecule has 5 heteroatoms. The van der Waals surface area contributed by atoms with Gasteiger partial charge < -0.3 is 14.8 Å². The zero-order chi connectivity index (χ0) is 18.3. The number of nitrogens with one attached hydrogen (secondary N) is 1. The van der Waals surface area contributed by atoms with Crippen LogP contribution in [0.25, 0.3) is 10.9 Å². The summed E-state index contributed by atoms with van der Waals surface area (Å²) in [6.45, 7) is 3.60. The monoisotopic (exact) mass is 361 g/mol. The van der Waals surface area contributed by atoms with Gasteiger partial charge in [0, 0.05) is 30.2 Å². The Morgan fingerprint density at radius 1 is 1.07 bits per heavy atom. The SMILES string of the molecule is Cc1ccc2ncnc(NC3CC4(CCOCC4)Oc4ccccc43)c2c1. The number of hydrogen-bond acceptors (Lipinski definition) is 5. The van der Waals surface area contributed by atoms with Crippen LogP contribution in [-0.2, 0) is 4.74 Å². The van der Waals surface area contributed by atoms with Crippen LogP contribution in [0.5, 0.6) is 5.75 Å². The molecule has 0 aliphatic carbocycles. The maximum Gasteiger partial charge on any atom is 0.137 e. The molecule has 1 atom stereocenters. The van der Waals surface area contributed by atoms with E-state index in [4.69, 9.17) is 9.47 Å². The molecule has 2 aliphatic heterocycles. The first kappa shape index (κ1) is 16.5. The van der Waals surface area contributed by atoms with Gasteiger partial charge in [-0.15, -0.1) is 0 Å². The fourth-order valence-electron chi connectivity index (χ4n) is 4.25. The van der Waals surface area contributed by atoms with Crippen LogP contribution in [0, 0.1) is 6.92 Å². The third-order valence-electron chi connectivity index (χ3n) is 5.70. The minimum absolute atomic E-state index is 0.145. The molecule has 1 N–H and O–H groups in total. The topological polar surface area (TPSA) is 56.3 Å². The van der Waals surface area contributed by atoms with E-state index in [1.54, 1.807) is 6.33 Å². The van der Waals surface area contributed by atoms with Crippen molar-refractivity contribution in [3.63, 3.8) is 0 Å². The molecule has 5 nitrogen and oxygen atoms in total. The van der Waals surface area contributed by atoms with E-state index in [9.17, 15) is 0 Å². The van der Waals surface area contributed by atoms with Crippen molar-refractivity contribution in [3.8, 4) is 5.75 Å². The molecule has 138 valence electrons. The van der Waals surface area contributed by atoms with E-state index in [1.807, 2.05) is 6.07 Å². The summed E-state index contributed by atoms with van der Waals surface area (Å²) in [6, 6.07) is 14.8. The Labute approximate surface area is 158 Å². The molecule has 0 saturated carbocycles. The zero-order valence-electron chi connectivity index (χ0n) is 15.4. The fraction of sp³-hybridized carbons (Fsp3) is 0.364. The molecule has 1 aromatic heterocycles. The van der Waals surface area contributed by atoms with Gasteiger partial charge in [-0.05, 0) is 25.1 Å². The number of fused-ring (bicyclic) bond motifs is 2. The van der Waals surface area contributed by atoms with Crippen molar-refractivity contribution in [1.82, 2.24) is 9.97 Å². The van der Waals surface area contributed by atoms with E-state index in [0.29, 0.717) is 0 Å². The number of nitrogens with zero attached hydrogens (tertiary/aromatic N) is 2. The van der Waals surface area contributed by atoms with Gasteiger partial charge in [-0.3, -0.25) is 0 Å². The molecule has 3 aromatic rings. The Balaban J connectivity index is 1.55. The van der Waals surface area contributed by atoms with Crippen LogP contribution in [0.3, 0.4) is 0 Å². The third-order valence-corrected chi connectivity index (χ3v) is 5.70. The van der Waals surface area contributed by atoms with Crippen LogP contribution in [0.15, 0.2) is 48.8 Å². The predicted octanol–water partition coefficient (Wildman–Crippen LogP) is 4.42. The number of aromatic nitrogens is 2.